The molecule has 0 aliphatic carbocycles. The lowest BCUT2D eigenvalue weighted by atomic mass is 10.0. The summed E-state index contributed by atoms with van der Waals surface area (Å²) in [7, 11) is 1.57. The Hall–Kier alpha value is -4.60. The molecular weight excluding hydrogens is 494 g/mol. The predicted molar refractivity (Wildman–Crippen MR) is 136 cm³/mol. The number of carbonyl (C=O) groups is 5. The van der Waals surface area contributed by atoms with Crippen molar-refractivity contribution >= 4 is 35.0 Å². The van der Waals surface area contributed by atoms with Crippen LogP contribution in [0.15, 0.2) is 35.6 Å². The van der Waals surface area contributed by atoms with E-state index in [1.165, 1.54) is 41.5 Å². The maximum absolute atomic E-state index is 13.0. The Balaban J connectivity index is 2.17. The van der Waals surface area contributed by atoms with Gasteiger partial charge >= 0.3 is 0 Å². The quantitative estimate of drug-likeness (QED) is 0.232. The van der Waals surface area contributed by atoms with Gasteiger partial charge < -0.3 is 25.1 Å². The summed E-state index contributed by atoms with van der Waals surface area (Å²) in [5.74, 6) is -3.81. The monoisotopic (exact) mass is 525 g/mol. The molecule has 13 nitrogen and oxygen atoms in total. The van der Waals surface area contributed by atoms with E-state index in [1.807, 2.05) is 13.8 Å². The SMILES string of the molecule is CCC(CC)CNC(=O)Cn1cccc(NC(=O)[C@H](CCC(=O)C(=O)C#N)NC(=O)c2cncn2C)c1=O. The van der Waals surface area contributed by atoms with Crippen molar-refractivity contribution in [3.8, 4) is 6.07 Å². The number of rotatable bonds is 14. The first-order valence-corrected chi connectivity index (χ1v) is 12.1. The number of anilines is 1. The van der Waals surface area contributed by atoms with E-state index in [0.29, 0.717) is 12.5 Å². The number of Topliss-reactive ketones (excluding diaryl/α,β-unsaturated/α-hetero) is 2. The van der Waals surface area contributed by atoms with E-state index < -0.39 is 41.4 Å². The van der Waals surface area contributed by atoms with Crippen LogP contribution in [0, 0.1) is 17.2 Å². The maximum atomic E-state index is 13.0. The van der Waals surface area contributed by atoms with Gasteiger partial charge in [0, 0.05) is 26.2 Å². The van der Waals surface area contributed by atoms with Gasteiger partial charge in [-0.05, 0) is 24.5 Å². The summed E-state index contributed by atoms with van der Waals surface area (Å²) in [6.45, 7) is 4.29. The minimum absolute atomic E-state index is 0.128. The zero-order valence-corrected chi connectivity index (χ0v) is 21.5. The van der Waals surface area contributed by atoms with Gasteiger partial charge in [0.15, 0.2) is 0 Å². The molecule has 0 radical (unpaired) electrons. The summed E-state index contributed by atoms with van der Waals surface area (Å²) in [5.41, 5.74) is -0.667. The fourth-order valence-corrected chi connectivity index (χ4v) is 3.55. The Labute approximate surface area is 219 Å². The highest BCUT2D eigenvalue weighted by Crippen LogP contribution is 2.08. The largest absolute Gasteiger partial charge is 0.354 e. The van der Waals surface area contributed by atoms with E-state index in [2.05, 4.69) is 20.9 Å². The lowest BCUT2D eigenvalue weighted by molar-refractivity contribution is -0.133. The van der Waals surface area contributed by atoms with Crippen LogP contribution in [0.3, 0.4) is 0 Å². The molecule has 0 fully saturated rings. The number of hydrogen-bond donors (Lipinski definition) is 3. The van der Waals surface area contributed by atoms with Crippen LogP contribution in [0.2, 0.25) is 0 Å². The second-order valence-corrected chi connectivity index (χ2v) is 8.65. The molecule has 13 heteroatoms. The van der Waals surface area contributed by atoms with Gasteiger partial charge in [-0.3, -0.25) is 28.8 Å². The average molecular weight is 526 g/mol. The molecule has 1 atom stereocenters. The molecule has 0 saturated heterocycles. The van der Waals surface area contributed by atoms with Crippen molar-refractivity contribution in [2.45, 2.75) is 52.1 Å². The molecule has 0 bridgehead atoms. The Morgan fingerprint density at radius 2 is 1.87 bits per heavy atom. The lowest BCUT2D eigenvalue weighted by Gasteiger charge is -2.18. The van der Waals surface area contributed by atoms with E-state index in [-0.39, 0.29) is 30.3 Å². The molecular formula is C25H31N7O6. The van der Waals surface area contributed by atoms with Crippen LogP contribution in [0.1, 0.15) is 50.0 Å². The first kappa shape index (κ1) is 29.6. The molecule has 0 aliphatic rings. The molecule has 38 heavy (non-hydrogen) atoms. The highest BCUT2D eigenvalue weighted by Gasteiger charge is 2.26. The third-order valence-electron chi connectivity index (χ3n) is 6.02. The number of pyridine rings is 1. The Bertz CT molecular complexity index is 1290. The summed E-state index contributed by atoms with van der Waals surface area (Å²) < 4.78 is 2.55. The second kappa shape index (κ2) is 14.2. The van der Waals surface area contributed by atoms with E-state index in [0.717, 1.165) is 17.4 Å². The van der Waals surface area contributed by atoms with E-state index >= 15 is 0 Å². The van der Waals surface area contributed by atoms with Gasteiger partial charge in [0.05, 0.1) is 12.5 Å². The van der Waals surface area contributed by atoms with Crippen LogP contribution in [-0.4, -0.2) is 56.0 Å². The molecule has 2 aromatic heterocycles. The predicted octanol–water partition coefficient (Wildman–Crippen LogP) is 0.313. The number of aromatic nitrogens is 3. The summed E-state index contributed by atoms with van der Waals surface area (Å²) in [6.07, 6.45) is 5.10. The van der Waals surface area contributed by atoms with Crippen LogP contribution in [0.25, 0.3) is 0 Å². The molecule has 0 unspecified atom stereocenters. The average Bonchev–Trinajstić information content (AvgIpc) is 3.34. The second-order valence-electron chi connectivity index (χ2n) is 8.65. The summed E-state index contributed by atoms with van der Waals surface area (Å²) >= 11 is 0. The lowest BCUT2D eigenvalue weighted by Crippen LogP contribution is -2.45. The zero-order chi connectivity index (χ0) is 28.2. The van der Waals surface area contributed by atoms with Crippen LogP contribution in [0.5, 0.6) is 0 Å². The number of nitrogens with one attached hydrogen (secondary N) is 3. The van der Waals surface area contributed by atoms with Gasteiger partial charge in [0.1, 0.15) is 30.0 Å². The molecule has 202 valence electrons. The Morgan fingerprint density at radius 3 is 2.47 bits per heavy atom. The standard InChI is InChI=1S/C25H31N7O6/c1-4-16(5-2)12-28-22(35)14-32-10-6-7-18(25(32)38)30-23(36)17(8-9-20(33)21(34)11-26)29-24(37)19-13-27-15-31(19)3/h6-7,10,13,15-17H,4-5,8-9,12,14H2,1-3H3,(H,28,35)(H,29,37)(H,30,36)/t17-/m0/s1. The number of imidazole rings is 1. The minimum Gasteiger partial charge on any atom is -0.354 e. The molecule has 0 spiro atoms. The summed E-state index contributed by atoms with van der Waals surface area (Å²) in [6, 6.07) is 2.70. The highest BCUT2D eigenvalue weighted by atomic mass is 16.2. The van der Waals surface area contributed by atoms with Crippen LogP contribution in [0.4, 0.5) is 5.69 Å². The van der Waals surface area contributed by atoms with Gasteiger partial charge in [-0.25, -0.2) is 4.98 Å². The first-order chi connectivity index (χ1) is 18.1. The van der Waals surface area contributed by atoms with Gasteiger partial charge in [-0.15, -0.1) is 0 Å². The normalized spacial score (nSPS) is 11.3. The fourth-order valence-electron chi connectivity index (χ4n) is 3.55. The molecule has 2 rings (SSSR count). The maximum Gasteiger partial charge on any atom is 0.297 e. The number of hydrogen-bond acceptors (Lipinski definition) is 8. The van der Waals surface area contributed by atoms with E-state index in [1.54, 1.807) is 7.05 Å². The Kier molecular flexibility index (Phi) is 11.1. The topological polar surface area (TPSA) is 185 Å². The third kappa shape index (κ3) is 8.22. The van der Waals surface area contributed by atoms with Gasteiger partial charge in [0.25, 0.3) is 17.2 Å². The van der Waals surface area contributed by atoms with Crippen molar-refractivity contribution in [3.05, 3.63) is 46.9 Å². The fraction of sp³-hybridized carbons (Fsp3) is 0.440. The van der Waals surface area contributed by atoms with Gasteiger partial charge in [0.2, 0.25) is 17.6 Å². The number of carbonyl (C=O) groups excluding carboxylic acids is 5. The number of nitriles is 1. The molecule has 3 N–H and O–H groups in total. The van der Waals surface area contributed by atoms with Crippen molar-refractivity contribution in [1.29, 1.82) is 5.26 Å². The number of nitrogens with zero attached hydrogens (tertiary/aromatic N) is 4. The van der Waals surface area contributed by atoms with E-state index in [4.69, 9.17) is 5.26 Å². The first-order valence-electron chi connectivity index (χ1n) is 12.1. The molecule has 0 aromatic carbocycles. The summed E-state index contributed by atoms with van der Waals surface area (Å²) in [5, 5.41) is 16.3. The number of amides is 3. The molecule has 3 amide bonds. The number of ketones is 2. The van der Waals surface area contributed by atoms with Crippen LogP contribution in [-0.2, 0) is 32.8 Å². The van der Waals surface area contributed by atoms with Crippen molar-refractivity contribution in [3.63, 3.8) is 0 Å². The van der Waals surface area contributed by atoms with Crippen LogP contribution < -0.4 is 21.5 Å². The third-order valence-corrected chi connectivity index (χ3v) is 6.02. The van der Waals surface area contributed by atoms with Gasteiger partial charge in [-0.1, -0.05) is 26.7 Å². The van der Waals surface area contributed by atoms with E-state index in [9.17, 15) is 28.8 Å². The molecule has 0 aliphatic heterocycles. The van der Waals surface area contributed by atoms with Crippen LogP contribution >= 0.6 is 0 Å². The summed E-state index contributed by atoms with van der Waals surface area (Å²) in [4.78, 5) is 78.0. The smallest absolute Gasteiger partial charge is 0.297 e. The Morgan fingerprint density at radius 1 is 1.16 bits per heavy atom. The van der Waals surface area contributed by atoms with Crippen molar-refractivity contribution < 1.29 is 24.0 Å². The minimum atomic E-state index is -1.33. The molecule has 2 heterocycles. The number of aryl methyl sites for hydroxylation is 1. The van der Waals surface area contributed by atoms with Crippen molar-refractivity contribution in [2.24, 2.45) is 13.0 Å². The molecule has 0 saturated carbocycles. The molecule has 2 aromatic rings. The van der Waals surface area contributed by atoms with Crippen molar-refractivity contribution in [1.82, 2.24) is 24.8 Å². The van der Waals surface area contributed by atoms with Gasteiger partial charge in [-0.2, -0.15) is 5.26 Å². The van der Waals surface area contributed by atoms with Crippen molar-refractivity contribution in [2.75, 3.05) is 11.9 Å². The zero-order valence-electron chi connectivity index (χ0n) is 21.5. The highest BCUT2D eigenvalue weighted by molar-refractivity contribution is 6.43.